The van der Waals surface area contributed by atoms with Crippen LogP contribution in [0.3, 0.4) is 0 Å². The second kappa shape index (κ2) is 7.08. The van der Waals surface area contributed by atoms with E-state index in [0.29, 0.717) is 28.5 Å². The summed E-state index contributed by atoms with van der Waals surface area (Å²) < 4.78 is 11.3. The molecule has 1 aromatic rings. The summed E-state index contributed by atoms with van der Waals surface area (Å²) >= 11 is 10.9. The first-order valence-corrected chi connectivity index (χ1v) is 7.29. The van der Waals surface area contributed by atoms with Crippen molar-refractivity contribution in [3.05, 3.63) is 28.8 Å². The Bertz CT molecular complexity index is 447. The molecule has 0 amide bonds. The van der Waals surface area contributed by atoms with E-state index in [9.17, 15) is 0 Å². The van der Waals surface area contributed by atoms with Crippen LogP contribution >= 0.6 is 23.8 Å². The minimum Gasteiger partial charge on any atom is -0.493 e. The van der Waals surface area contributed by atoms with E-state index in [0.717, 1.165) is 31.4 Å². The van der Waals surface area contributed by atoms with Gasteiger partial charge in [0.1, 0.15) is 10.7 Å². The van der Waals surface area contributed by atoms with Gasteiger partial charge in [-0.05, 0) is 43.9 Å². The third kappa shape index (κ3) is 4.34. The average Bonchev–Trinajstić information content (AvgIpc) is 2.87. The zero-order valence-corrected chi connectivity index (χ0v) is 12.3. The molecule has 3 nitrogen and oxygen atoms in total. The summed E-state index contributed by atoms with van der Waals surface area (Å²) in [5, 5.41) is 0.620. The third-order valence-corrected chi connectivity index (χ3v) is 3.62. The third-order valence-electron chi connectivity index (χ3n) is 3.16. The van der Waals surface area contributed by atoms with Crippen LogP contribution in [0.4, 0.5) is 0 Å². The summed E-state index contributed by atoms with van der Waals surface area (Å²) in [6, 6.07) is 5.30. The molecule has 104 valence electrons. The molecule has 1 fully saturated rings. The van der Waals surface area contributed by atoms with Crippen molar-refractivity contribution in [3.8, 4) is 5.75 Å². The molecule has 2 N–H and O–H groups in total. The lowest BCUT2D eigenvalue weighted by Crippen LogP contribution is -2.13. The Kier molecular flexibility index (Phi) is 5.43. The van der Waals surface area contributed by atoms with Crippen LogP contribution in [0.15, 0.2) is 18.2 Å². The largest absolute Gasteiger partial charge is 0.493 e. The monoisotopic (exact) mass is 299 g/mol. The normalized spacial score (nSPS) is 18.5. The van der Waals surface area contributed by atoms with Crippen molar-refractivity contribution in [2.75, 3.05) is 13.2 Å². The van der Waals surface area contributed by atoms with Crippen molar-refractivity contribution < 1.29 is 9.47 Å². The second-order valence-corrected chi connectivity index (χ2v) is 5.51. The van der Waals surface area contributed by atoms with Crippen molar-refractivity contribution in [2.45, 2.75) is 31.8 Å². The molecular formula is C14H18ClNO2S. The van der Waals surface area contributed by atoms with E-state index in [2.05, 4.69) is 0 Å². The Labute approximate surface area is 124 Å². The molecule has 1 aliphatic heterocycles. The Morgan fingerprint density at radius 2 is 2.37 bits per heavy atom. The van der Waals surface area contributed by atoms with Gasteiger partial charge in [-0.1, -0.05) is 23.8 Å². The molecule has 1 aliphatic rings. The summed E-state index contributed by atoms with van der Waals surface area (Å²) in [5.74, 6) is 0.660. The van der Waals surface area contributed by atoms with Crippen LogP contribution in [0.5, 0.6) is 5.75 Å². The molecule has 1 saturated heterocycles. The van der Waals surface area contributed by atoms with Crippen molar-refractivity contribution in [1.82, 2.24) is 0 Å². The van der Waals surface area contributed by atoms with Crippen LogP contribution < -0.4 is 10.5 Å². The lowest BCUT2D eigenvalue weighted by atomic mass is 10.1. The number of rotatable bonds is 6. The summed E-state index contributed by atoms with van der Waals surface area (Å²) in [6.07, 6.45) is 4.72. The van der Waals surface area contributed by atoms with E-state index in [-0.39, 0.29) is 0 Å². The summed E-state index contributed by atoms with van der Waals surface area (Å²) in [6.45, 7) is 1.52. The fraction of sp³-hybridized carbons (Fsp3) is 0.500. The molecule has 1 atom stereocenters. The summed E-state index contributed by atoms with van der Waals surface area (Å²) in [5.41, 5.74) is 6.39. The Morgan fingerprint density at radius 1 is 1.53 bits per heavy atom. The molecule has 2 rings (SSSR count). The van der Waals surface area contributed by atoms with Crippen LogP contribution in [0.2, 0.25) is 5.02 Å². The molecular weight excluding hydrogens is 282 g/mol. The predicted molar refractivity (Wildman–Crippen MR) is 81.0 cm³/mol. The second-order valence-electron chi connectivity index (χ2n) is 4.63. The van der Waals surface area contributed by atoms with E-state index in [1.165, 1.54) is 6.42 Å². The highest BCUT2D eigenvalue weighted by Crippen LogP contribution is 2.24. The van der Waals surface area contributed by atoms with Crippen molar-refractivity contribution >= 4 is 28.8 Å². The first-order chi connectivity index (χ1) is 9.16. The van der Waals surface area contributed by atoms with Crippen LogP contribution in [0.25, 0.3) is 0 Å². The van der Waals surface area contributed by atoms with Gasteiger partial charge in [-0.15, -0.1) is 0 Å². The number of thiocarbonyl (C=S) groups is 1. The Hall–Kier alpha value is -0.840. The van der Waals surface area contributed by atoms with E-state index in [1.807, 2.05) is 0 Å². The van der Waals surface area contributed by atoms with Gasteiger partial charge in [0.25, 0.3) is 0 Å². The SMILES string of the molecule is NC(=S)c1ccc(Cl)cc1OCCCC1CCCO1. The molecule has 0 bridgehead atoms. The van der Waals surface area contributed by atoms with Gasteiger partial charge in [0.2, 0.25) is 0 Å². The molecule has 5 heteroatoms. The quantitative estimate of drug-likeness (QED) is 0.646. The van der Waals surface area contributed by atoms with Gasteiger partial charge in [-0.2, -0.15) is 0 Å². The van der Waals surface area contributed by atoms with E-state index in [4.69, 9.17) is 39.0 Å². The van der Waals surface area contributed by atoms with Crippen LogP contribution in [-0.2, 0) is 4.74 Å². The van der Waals surface area contributed by atoms with Gasteiger partial charge in [-0.3, -0.25) is 0 Å². The molecule has 19 heavy (non-hydrogen) atoms. The summed E-state index contributed by atoms with van der Waals surface area (Å²) in [7, 11) is 0. The van der Waals surface area contributed by atoms with Crippen LogP contribution in [0.1, 0.15) is 31.2 Å². The van der Waals surface area contributed by atoms with E-state index < -0.39 is 0 Å². The molecule has 0 spiro atoms. The predicted octanol–water partition coefficient (Wildman–Crippen LogP) is 3.31. The fourth-order valence-electron chi connectivity index (χ4n) is 2.18. The molecule has 1 aromatic carbocycles. The minimum absolute atomic E-state index is 0.325. The summed E-state index contributed by atoms with van der Waals surface area (Å²) in [4.78, 5) is 0.325. The Balaban J connectivity index is 1.84. The maximum Gasteiger partial charge on any atom is 0.130 e. The smallest absolute Gasteiger partial charge is 0.130 e. The molecule has 0 saturated carbocycles. The number of ether oxygens (including phenoxy) is 2. The van der Waals surface area contributed by atoms with Gasteiger partial charge in [-0.25, -0.2) is 0 Å². The zero-order chi connectivity index (χ0) is 13.7. The van der Waals surface area contributed by atoms with Crippen LogP contribution in [0, 0.1) is 0 Å². The zero-order valence-electron chi connectivity index (χ0n) is 10.7. The Morgan fingerprint density at radius 3 is 3.05 bits per heavy atom. The molecule has 0 radical (unpaired) electrons. The maximum atomic E-state index is 5.95. The van der Waals surface area contributed by atoms with Crippen molar-refractivity contribution in [1.29, 1.82) is 0 Å². The first kappa shape index (κ1) is 14.6. The lowest BCUT2D eigenvalue weighted by Gasteiger charge is -2.12. The highest BCUT2D eigenvalue weighted by atomic mass is 35.5. The van der Waals surface area contributed by atoms with Crippen LogP contribution in [-0.4, -0.2) is 24.3 Å². The number of benzene rings is 1. The number of hydrogen-bond acceptors (Lipinski definition) is 3. The highest BCUT2D eigenvalue weighted by Gasteiger charge is 2.15. The van der Waals surface area contributed by atoms with Gasteiger partial charge in [0.15, 0.2) is 0 Å². The van der Waals surface area contributed by atoms with Crippen molar-refractivity contribution in [3.63, 3.8) is 0 Å². The average molecular weight is 300 g/mol. The van der Waals surface area contributed by atoms with E-state index in [1.54, 1.807) is 18.2 Å². The van der Waals surface area contributed by atoms with Gasteiger partial charge >= 0.3 is 0 Å². The molecule has 1 unspecified atom stereocenters. The fourth-order valence-corrected chi connectivity index (χ4v) is 2.52. The van der Waals surface area contributed by atoms with Crippen molar-refractivity contribution in [2.24, 2.45) is 5.73 Å². The first-order valence-electron chi connectivity index (χ1n) is 6.50. The standard InChI is InChI=1S/C14H18ClNO2S/c15-10-5-6-12(14(16)19)13(9-10)18-8-2-4-11-3-1-7-17-11/h5-6,9,11H,1-4,7-8H2,(H2,16,19). The van der Waals surface area contributed by atoms with E-state index >= 15 is 0 Å². The van der Waals surface area contributed by atoms with Gasteiger partial charge in [0, 0.05) is 11.6 Å². The maximum absolute atomic E-state index is 5.95. The topological polar surface area (TPSA) is 44.5 Å². The number of nitrogens with two attached hydrogens (primary N) is 1. The minimum atomic E-state index is 0.325. The lowest BCUT2D eigenvalue weighted by molar-refractivity contribution is 0.0981. The molecule has 0 aromatic heterocycles. The molecule has 1 heterocycles. The number of halogens is 1. The number of hydrogen-bond donors (Lipinski definition) is 1. The van der Waals surface area contributed by atoms with Gasteiger partial charge in [0.05, 0.1) is 18.3 Å². The molecule has 0 aliphatic carbocycles. The highest BCUT2D eigenvalue weighted by molar-refractivity contribution is 7.80. The van der Waals surface area contributed by atoms with Gasteiger partial charge < -0.3 is 15.2 Å².